The number of nitrogens with one attached hydrogen (secondary N) is 1. The number of ether oxygens (including phenoxy) is 1. The van der Waals surface area contributed by atoms with Crippen molar-refractivity contribution < 1.29 is 22.7 Å². The molecule has 20 heavy (non-hydrogen) atoms. The predicted octanol–water partition coefficient (Wildman–Crippen LogP) is 2.39. The average molecular weight is 286 g/mol. The van der Waals surface area contributed by atoms with Crippen LogP contribution in [0.25, 0.3) is 0 Å². The van der Waals surface area contributed by atoms with Crippen LogP contribution in [0, 0.1) is 0 Å². The SMILES string of the molecule is O=C1OC2CCNCC2N1c1cccc(C(F)(F)F)c1. The average Bonchev–Trinajstić information content (AvgIpc) is 2.73. The highest BCUT2D eigenvalue weighted by atomic mass is 19.4. The van der Waals surface area contributed by atoms with Gasteiger partial charge < -0.3 is 10.1 Å². The molecular weight excluding hydrogens is 273 g/mol. The Morgan fingerprint density at radius 3 is 2.90 bits per heavy atom. The summed E-state index contributed by atoms with van der Waals surface area (Å²) in [4.78, 5) is 13.2. The molecule has 0 aliphatic carbocycles. The maximum Gasteiger partial charge on any atom is 0.416 e. The maximum atomic E-state index is 12.7. The molecular formula is C13H13F3N2O2. The molecule has 2 aliphatic rings. The number of hydrogen-bond donors (Lipinski definition) is 1. The van der Waals surface area contributed by atoms with Crippen molar-refractivity contribution in [3.63, 3.8) is 0 Å². The highest BCUT2D eigenvalue weighted by Crippen LogP contribution is 2.35. The van der Waals surface area contributed by atoms with E-state index >= 15 is 0 Å². The molecule has 1 N–H and O–H groups in total. The molecule has 0 bridgehead atoms. The van der Waals surface area contributed by atoms with Crippen LogP contribution >= 0.6 is 0 Å². The second kappa shape index (κ2) is 4.66. The van der Waals surface area contributed by atoms with Crippen LogP contribution in [0.1, 0.15) is 12.0 Å². The van der Waals surface area contributed by atoms with E-state index in [0.29, 0.717) is 13.0 Å². The third-order valence-electron chi connectivity index (χ3n) is 3.62. The number of rotatable bonds is 1. The summed E-state index contributed by atoms with van der Waals surface area (Å²) in [5.74, 6) is 0. The van der Waals surface area contributed by atoms with Crippen molar-refractivity contribution in [1.29, 1.82) is 0 Å². The molecule has 2 unspecified atom stereocenters. The van der Waals surface area contributed by atoms with Gasteiger partial charge in [0.2, 0.25) is 0 Å². The number of carbonyl (C=O) groups is 1. The molecule has 2 fully saturated rings. The number of nitrogens with zero attached hydrogens (tertiary/aromatic N) is 1. The first-order chi connectivity index (χ1) is 9.47. The molecule has 1 aromatic carbocycles. The highest BCUT2D eigenvalue weighted by Gasteiger charge is 2.44. The molecule has 2 saturated heterocycles. The van der Waals surface area contributed by atoms with E-state index in [1.165, 1.54) is 17.0 Å². The van der Waals surface area contributed by atoms with Gasteiger partial charge in [-0.1, -0.05) is 6.07 Å². The fraction of sp³-hybridized carbons (Fsp3) is 0.462. The van der Waals surface area contributed by atoms with Crippen LogP contribution in [0.4, 0.5) is 23.7 Å². The summed E-state index contributed by atoms with van der Waals surface area (Å²) in [7, 11) is 0. The Labute approximate surface area is 113 Å². The van der Waals surface area contributed by atoms with E-state index in [9.17, 15) is 18.0 Å². The molecule has 0 saturated carbocycles. The van der Waals surface area contributed by atoms with E-state index < -0.39 is 17.8 Å². The molecule has 0 radical (unpaired) electrons. The van der Waals surface area contributed by atoms with E-state index in [2.05, 4.69) is 5.32 Å². The van der Waals surface area contributed by atoms with Crippen LogP contribution < -0.4 is 10.2 Å². The summed E-state index contributed by atoms with van der Waals surface area (Å²) in [6.45, 7) is 1.26. The highest BCUT2D eigenvalue weighted by molar-refractivity contribution is 5.91. The lowest BCUT2D eigenvalue weighted by Gasteiger charge is -2.28. The Morgan fingerprint density at radius 2 is 2.15 bits per heavy atom. The molecule has 3 rings (SSSR count). The smallest absolute Gasteiger partial charge is 0.416 e. The summed E-state index contributed by atoms with van der Waals surface area (Å²) >= 11 is 0. The van der Waals surface area contributed by atoms with Gasteiger partial charge in [-0.05, 0) is 31.2 Å². The Kier molecular flexibility index (Phi) is 3.08. The van der Waals surface area contributed by atoms with Crippen LogP contribution in [0.3, 0.4) is 0 Å². The van der Waals surface area contributed by atoms with Crippen molar-refractivity contribution >= 4 is 11.8 Å². The molecule has 2 aliphatic heterocycles. The number of halogens is 3. The van der Waals surface area contributed by atoms with E-state index in [-0.39, 0.29) is 17.8 Å². The Bertz CT molecular complexity index is 533. The molecule has 0 aromatic heterocycles. The zero-order chi connectivity index (χ0) is 14.3. The minimum Gasteiger partial charge on any atom is -0.444 e. The van der Waals surface area contributed by atoms with Gasteiger partial charge in [0.05, 0.1) is 11.6 Å². The number of anilines is 1. The fourth-order valence-corrected chi connectivity index (χ4v) is 2.66. The number of alkyl halides is 3. The quantitative estimate of drug-likeness (QED) is 0.862. The lowest BCUT2D eigenvalue weighted by Crippen LogP contribution is -2.49. The molecule has 1 amide bonds. The number of hydrogen-bond acceptors (Lipinski definition) is 3. The van der Waals surface area contributed by atoms with Crippen molar-refractivity contribution in [1.82, 2.24) is 5.32 Å². The minimum absolute atomic E-state index is 0.223. The van der Waals surface area contributed by atoms with Gasteiger partial charge in [0, 0.05) is 12.2 Å². The minimum atomic E-state index is -4.43. The topological polar surface area (TPSA) is 41.6 Å². The number of piperidine rings is 1. The zero-order valence-electron chi connectivity index (χ0n) is 10.5. The summed E-state index contributed by atoms with van der Waals surface area (Å²) in [6.07, 6.45) is -4.59. The third kappa shape index (κ3) is 2.22. The first kappa shape index (κ1) is 13.2. The van der Waals surface area contributed by atoms with Gasteiger partial charge in [0.15, 0.2) is 0 Å². The summed E-state index contributed by atoms with van der Waals surface area (Å²) in [6, 6.07) is 4.52. The normalized spacial score (nSPS) is 26.4. The first-order valence-corrected chi connectivity index (χ1v) is 6.34. The van der Waals surface area contributed by atoms with Crippen LogP contribution in [-0.2, 0) is 10.9 Å². The Morgan fingerprint density at radius 1 is 1.35 bits per heavy atom. The van der Waals surface area contributed by atoms with E-state index in [1.54, 1.807) is 0 Å². The van der Waals surface area contributed by atoms with Crippen molar-refractivity contribution in [2.24, 2.45) is 0 Å². The van der Waals surface area contributed by atoms with Gasteiger partial charge in [-0.15, -0.1) is 0 Å². The van der Waals surface area contributed by atoms with Crippen molar-refractivity contribution in [2.75, 3.05) is 18.0 Å². The lowest BCUT2D eigenvalue weighted by atomic mass is 10.0. The van der Waals surface area contributed by atoms with Gasteiger partial charge in [-0.3, -0.25) is 4.90 Å². The summed E-state index contributed by atoms with van der Waals surface area (Å²) in [5.41, 5.74) is -0.545. The zero-order valence-corrected chi connectivity index (χ0v) is 10.5. The molecule has 2 heterocycles. The van der Waals surface area contributed by atoms with Gasteiger partial charge in [0.1, 0.15) is 6.10 Å². The molecule has 2 atom stereocenters. The van der Waals surface area contributed by atoms with Crippen LogP contribution in [0.15, 0.2) is 24.3 Å². The summed E-state index contributed by atoms with van der Waals surface area (Å²) in [5, 5.41) is 3.13. The monoisotopic (exact) mass is 286 g/mol. The molecule has 7 heteroatoms. The van der Waals surface area contributed by atoms with Crippen molar-refractivity contribution in [3.05, 3.63) is 29.8 Å². The second-order valence-corrected chi connectivity index (χ2v) is 4.90. The van der Waals surface area contributed by atoms with Gasteiger partial charge in [-0.2, -0.15) is 13.2 Å². The number of amides is 1. The Hall–Kier alpha value is -1.76. The fourth-order valence-electron chi connectivity index (χ4n) is 2.66. The predicted molar refractivity (Wildman–Crippen MR) is 65.5 cm³/mol. The maximum absolute atomic E-state index is 12.7. The third-order valence-corrected chi connectivity index (χ3v) is 3.62. The number of benzene rings is 1. The molecule has 108 valence electrons. The number of fused-ring (bicyclic) bond motifs is 1. The largest absolute Gasteiger partial charge is 0.444 e. The van der Waals surface area contributed by atoms with E-state index in [0.717, 1.165) is 18.7 Å². The first-order valence-electron chi connectivity index (χ1n) is 6.34. The molecule has 4 nitrogen and oxygen atoms in total. The van der Waals surface area contributed by atoms with Crippen molar-refractivity contribution in [3.8, 4) is 0 Å². The second-order valence-electron chi connectivity index (χ2n) is 4.90. The van der Waals surface area contributed by atoms with Crippen LogP contribution in [-0.4, -0.2) is 31.3 Å². The van der Waals surface area contributed by atoms with Gasteiger partial charge in [0.25, 0.3) is 0 Å². The van der Waals surface area contributed by atoms with E-state index in [4.69, 9.17) is 4.74 Å². The van der Waals surface area contributed by atoms with E-state index in [1.807, 2.05) is 0 Å². The number of carbonyl (C=O) groups excluding carboxylic acids is 1. The lowest BCUT2D eigenvalue weighted by molar-refractivity contribution is -0.137. The Balaban J connectivity index is 1.94. The standard InChI is InChI=1S/C13H13F3N2O2/c14-13(15,16)8-2-1-3-9(6-8)18-10-7-17-5-4-11(10)20-12(18)19/h1-3,6,10-11,17H,4-5,7H2. The van der Waals surface area contributed by atoms with Crippen LogP contribution in [0.5, 0.6) is 0 Å². The van der Waals surface area contributed by atoms with Crippen molar-refractivity contribution in [2.45, 2.75) is 24.7 Å². The summed E-state index contributed by atoms with van der Waals surface area (Å²) < 4.78 is 43.4. The molecule has 0 spiro atoms. The molecule has 1 aromatic rings. The van der Waals surface area contributed by atoms with Gasteiger partial charge >= 0.3 is 12.3 Å². The van der Waals surface area contributed by atoms with Crippen LogP contribution in [0.2, 0.25) is 0 Å². The van der Waals surface area contributed by atoms with Gasteiger partial charge in [-0.25, -0.2) is 4.79 Å².